The summed E-state index contributed by atoms with van der Waals surface area (Å²) in [7, 11) is -4.20. The Morgan fingerprint density at radius 3 is 1.97 bits per heavy atom. The maximum absolute atomic E-state index is 13.4. The fourth-order valence-electron chi connectivity index (χ4n) is 3.01. The van der Waals surface area contributed by atoms with Crippen LogP contribution in [0.5, 0.6) is 0 Å². The van der Waals surface area contributed by atoms with Gasteiger partial charge in [-0.05, 0) is 67.9 Å². The SMILES string of the molecule is Cc1ccc([C@@H](C)NC(=O)CN(c2ccc(F)cc2)S(=O)(=O)c2ccc(F)cc2)cc1. The lowest BCUT2D eigenvalue weighted by molar-refractivity contribution is -0.120. The van der Waals surface area contributed by atoms with Gasteiger partial charge in [-0.3, -0.25) is 9.10 Å². The van der Waals surface area contributed by atoms with Crippen molar-refractivity contribution in [3.05, 3.63) is 95.6 Å². The zero-order chi connectivity index (χ0) is 22.6. The largest absolute Gasteiger partial charge is 0.348 e. The summed E-state index contributed by atoms with van der Waals surface area (Å²) in [5.41, 5.74) is 2.06. The van der Waals surface area contributed by atoms with Crippen molar-refractivity contribution in [2.45, 2.75) is 24.8 Å². The van der Waals surface area contributed by atoms with E-state index >= 15 is 0 Å². The molecule has 3 aromatic rings. The highest BCUT2D eigenvalue weighted by Crippen LogP contribution is 2.24. The average molecular weight is 445 g/mol. The summed E-state index contributed by atoms with van der Waals surface area (Å²) < 4.78 is 53.9. The quantitative estimate of drug-likeness (QED) is 0.589. The number of nitrogens with zero attached hydrogens (tertiary/aromatic N) is 1. The summed E-state index contributed by atoms with van der Waals surface area (Å²) in [4.78, 5) is 12.5. The third-order valence-electron chi connectivity index (χ3n) is 4.76. The van der Waals surface area contributed by atoms with Gasteiger partial charge in [0, 0.05) is 0 Å². The Labute approximate surface area is 180 Å². The van der Waals surface area contributed by atoms with Crippen molar-refractivity contribution < 1.29 is 22.0 Å². The van der Waals surface area contributed by atoms with Crippen LogP contribution in [0.2, 0.25) is 0 Å². The van der Waals surface area contributed by atoms with Crippen LogP contribution in [0, 0.1) is 18.6 Å². The molecule has 0 radical (unpaired) electrons. The molecule has 31 heavy (non-hydrogen) atoms. The molecule has 1 atom stereocenters. The number of sulfonamides is 1. The third kappa shape index (κ3) is 5.46. The van der Waals surface area contributed by atoms with Crippen molar-refractivity contribution in [1.29, 1.82) is 0 Å². The van der Waals surface area contributed by atoms with Crippen LogP contribution in [0.3, 0.4) is 0 Å². The Balaban J connectivity index is 1.87. The Bertz CT molecular complexity index is 1150. The van der Waals surface area contributed by atoms with Gasteiger partial charge in [-0.15, -0.1) is 0 Å². The number of carbonyl (C=O) groups is 1. The lowest BCUT2D eigenvalue weighted by Gasteiger charge is -2.25. The zero-order valence-corrected chi connectivity index (χ0v) is 17.9. The van der Waals surface area contributed by atoms with E-state index < -0.39 is 34.1 Å². The zero-order valence-electron chi connectivity index (χ0n) is 17.0. The average Bonchev–Trinajstić information content (AvgIpc) is 2.73. The predicted octanol–water partition coefficient (Wildman–Crippen LogP) is 4.35. The Morgan fingerprint density at radius 2 is 1.42 bits per heavy atom. The van der Waals surface area contributed by atoms with Crippen LogP contribution in [0.1, 0.15) is 24.1 Å². The number of aryl methyl sites for hydroxylation is 1. The smallest absolute Gasteiger partial charge is 0.264 e. The van der Waals surface area contributed by atoms with Gasteiger partial charge in [0.25, 0.3) is 10.0 Å². The van der Waals surface area contributed by atoms with Crippen LogP contribution in [-0.4, -0.2) is 20.9 Å². The normalized spacial score (nSPS) is 12.3. The first kappa shape index (κ1) is 22.4. The number of rotatable bonds is 7. The van der Waals surface area contributed by atoms with Gasteiger partial charge < -0.3 is 5.32 Å². The highest BCUT2D eigenvalue weighted by Gasteiger charge is 2.28. The Morgan fingerprint density at radius 1 is 0.903 bits per heavy atom. The number of hydrogen-bond acceptors (Lipinski definition) is 3. The molecule has 0 spiro atoms. The van der Waals surface area contributed by atoms with E-state index in [-0.39, 0.29) is 16.6 Å². The summed E-state index contributed by atoms with van der Waals surface area (Å²) in [6.07, 6.45) is 0. The fraction of sp³-hybridized carbons (Fsp3) is 0.174. The van der Waals surface area contributed by atoms with E-state index in [9.17, 15) is 22.0 Å². The second kappa shape index (κ2) is 9.26. The second-order valence-electron chi connectivity index (χ2n) is 7.14. The van der Waals surface area contributed by atoms with Crippen LogP contribution in [0.4, 0.5) is 14.5 Å². The molecule has 0 heterocycles. The molecule has 0 aromatic heterocycles. The van der Waals surface area contributed by atoms with E-state index in [2.05, 4.69) is 5.32 Å². The molecule has 0 unspecified atom stereocenters. The lowest BCUT2D eigenvalue weighted by atomic mass is 10.1. The molecule has 0 bridgehead atoms. The summed E-state index contributed by atoms with van der Waals surface area (Å²) in [5, 5.41) is 2.78. The maximum atomic E-state index is 13.4. The van der Waals surface area contributed by atoms with Crippen molar-refractivity contribution in [2.24, 2.45) is 0 Å². The minimum atomic E-state index is -4.20. The molecule has 0 saturated heterocycles. The summed E-state index contributed by atoms with van der Waals surface area (Å²) >= 11 is 0. The van der Waals surface area contributed by atoms with Crippen LogP contribution >= 0.6 is 0 Å². The van der Waals surface area contributed by atoms with Crippen molar-refractivity contribution in [2.75, 3.05) is 10.8 Å². The Kier molecular flexibility index (Phi) is 6.70. The molecule has 162 valence electrons. The summed E-state index contributed by atoms with van der Waals surface area (Å²) in [6.45, 7) is 3.22. The predicted molar refractivity (Wildman–Crippen MR) is 115 cm³/mol. The lowest BCUT2D eigenvalue weighted by Crippen LogP contribution is -2.41. The number of anilines is 1. The first-order valence-electron chi connectivity index (χ1n) is 9.56. The van der Waals surface area contributed by atoms with Crippen molar-refractivity contribution >= 4 is 21.6 Å². The minimum absolute atomic E-state index is 0.115. The van der Waals surface area contributed by atoms with E-state index in [1.165, 1.54) is 12.1 Å². The standard InChI is InChI=1S/C23H22F2N2O3S/c1-16-3-5-18(6-4-16)17(2)26-23(28)15-27(21-11-7-19(24)8-12-21)31(29,30)22-13-9-20(25)10-14-22/h3-14,17H,15H2,1-2H3,(H,26,28)/t17-/m1/s1. The van der Waals surface area contributed by atoms with Gasteiger partial charge in [-0.2, -0.15) is 0 Å². The van der Waals surface area contributed by atoms with Gasteiger partial charge in [0.1, 0.15) is 18.2 Å². The van der Waals surface area contributed by atoms with Gasteiger partial charge in [-0.25, -0.2) is 17.2 Å². The van der Waals surface area contributed by atoms with Crippen molar-refractivity contribution in [3.8, 4) is 0 Å². The summed E-state index contributed by atoms with van der Waals surface area (Å²) in [6, 6.07) is 16.3. The number of amides is 1. The van der Waals surface area contributed by atoms with Crippen LogP contribution < -0.4 is 9.62 Å². The molecular formula is C23H22F2N2O3S. The third-order valence-corrected chi connectivity index (χ3v) is 6.55. The fourth-order valence-corrected chi connectivity index (χ4v) is 4.43. The van der Waals surface area contributed by atoms with Crippen molar-refractivity contribution in [3.63, 3.8) is 0 Å². The van der Waals surface area contributed by atoms with Gasteiger partial charge in [0.05, 0.1) is 16.6 Å². The molecule has 8 heteroatoms. The van der Waals surface area contributed by atoms with E-state index in [1.54, 1.807) is 6.92 Å². The van der Waals surface area contributed by atoms with E-state index in [1.807, 2.05) is 31.2 Å². The van der Waals surface area contributed by atoms with Crippen LogP contribution in [-0.2, 0) is 14.8 Å². The van der Waals surface area contributed by atoms with E-state index in [0.717, 1.165) is 51.8 Å². The first-order valence-corrected chi connectivity index (χ1v) is 11.0. The molecule has 5 nitrogen and oxygen atoms in total. The molecule has 1 amide bonds. The second-order valence-corrected chi connectivity index (χ2v) is 9.00. The molecule has 0 fully saturated rings. The highest BCUT2D eigenvalue weighted by molar-refractivity contribution is 7.92. The number of carbonyl (C=O) groups excluding carboxylic acids is 1. The molecule has 0 aliphatic rings. The van der Waals surface area contributed by atoms with Gasteiger partial charge in [-0.1, -0.05) is 29.8 Å². The van der Waals surface area contributed by atoms with Gasteiger partial charge >= 0.3 is 0 Å². The number of halogens is 2. The highest BCUT2D eigenvalue weighted by atomic mass is 32.2. The molecule has 1 N–H and O–H groups in total. The number of nitrogens with one attached hydrogen (secondary N) is 1. The number of benzene rings is 3. The van der Waals surface area contributed by atoms with Gasteiger partial charge in [0.2, 0.25) is 5.91 Å². The number of hydrogen-bond donors (Lipinski definition) is 1. The molecule has 3 rings (SSSR count). The molecule has 3 aromatic carbocycles. The Hall–Kier alpha value is -3.26. The van der Waals surface area contributed by atoms with Crippen molar-refractivity contribution in [1.82, 2.24) is 5.32 Å². The van der Waals surface area contributed by atoms with Crippen LogP contribution in [0.15, 0.2) is 77.7 Å². The molecule has 0 aliphatic carbocycles. The maximum Gasteiger partial charge on any atom is 0.264 e. The topological polar surface area (TPSA) is 66.5 Å². The minimum Gasteiger partial charge on any atom is -0.348 e. The summed E-state index contributed by atoms with van der Waals surface area (Å²) in [5.74, 6) is -1.67. The van der Waals surface area contributed by atoms with E-state index in [4.69, 9.17) is 0 Å². The monoisotopic (exact) mass is 444 g/mol. The first-order chi connectivity index (χ1) is 14.7. The van der Waals surface area contributed by atoms with Gasteiger partial charge in [0.15, 0.2) is 0 Å². The van der Waals surface area contributed by atoms with E-state index in [0.29, 0.717) is 0 Å². The molecular weight excluding hydrogens is 422 g/mol. The van der Waals surface area contributed by atoms with Crippen LogP contribution in [0.25, 0.3) is 0 Å². The molecule has 0 saturated carbocycles. The molecule has 0 aliphatic heterocycles.